The summed E-state index contributed by atoms with van der Waals surface area (Å²) >= 11 is 10.8. The lowest BCUT2D eigenvalue weighted by atomic mass is 10.1. The quantitative estimate of drug-likeness (QED) is 0.826. The lowest BCUT2D eigenvalue weighted by molar-refractivity contribution is -0.116. The molecule has 1 aliphatic carbocycles. The van der Waals surface area contributed by atoms with E-state index in [1.165, 1.54) is 0 Å². The van der Waals surface area contributed by atoms with Gasteiger partial charge < -0.3 is 11.1 Å². The third kappa shape index (κ3) is 3.41. The molecule has 0 aromatic heterocycles. The van der Waals surface area contributed by atoms with Crippen molar-refractivity contribution in [3.05, 3.63) is 28.8 Å². The summed E-state index contributed by atoms with van der Waals surface area (Å²) in [5, 5.41) is 3.36. The standard InChI is InChI=1S/C12H13ClN2OS/c13-8-3-4-9(12(14)17)10(6-8)15-11(16)5-7-1-2-7/h3-4,6-7H,1-2,5H2,(H2,14,17)(H,15,16). The van der Waals surface area contributed by atoms with Crippen LogP contribution in [0.2, 0.25) is 5.02 Å². The van der Waals surface area contributed by atoms with Crippen LogP contribution in [-0.4, -0.2) is 10.9 Å². The summed E-state index contributed by atoms with van der Waals surface area (Å²) < 4.78 is 0. The summed E-state index contributed by atoms with van der Waals surface area (Å²) in [4.78, 5) is 12.0. The average molecular weight is 269 g/mol. The molecular weight excluding hydrogens is 256 g/mol. The predicted octanol–water partition coefficient (Wildman–Crippen LogP) is 2.71. The van der Waals surface area contributed by atoms with E-state index in [0.29, 0.717) is 28.6 Å². The van der Waals surface area contributed by atoms with Crippen LogP contribution in [-0.2, 0) is 4.79 Å². The number of thiocarbonyl (C=S) groups is 1. The Morgan fingerprint density at radius 2 is 2.24 bits per heavy atom. The molecule has 0 bridgehead atoms. The van der Waals surface area contributed by atoms with E-state index in [9.17, 15) is 4.79 Å². The zero-order valence-corrected chi connectivity index (χ0v) is 10.8. The molecule has 1 amide bonds. The molecule has 1 aromatic rings. The van der Waals surface area contributed by atoms with Gasteiger partial charge in [-0.1, -0.05) is 23.8 Å². The van der Waals surface area contributed by atoms with Gasteiger partial charge in [-0.2, -0.15) is 0 Å². The molecule has 0 heterocycles. The molecule has 17 heavy (non-hydrogen) atoms. The van der Waals surface area contributed by atoms with E-state index in [1.54, 1.807) is 18.2 Å². The van der Waals surface area contributed by atoms with Gasteiger partial charge in [0, 0.05) is 17.0 Å². The SMILES string of the molecule is NC(=S)c1ccc(Cl)cc1NC(=O)CC1CC1. The van der Waals surface area contributed by atoms with Gasteiger partial charge in [-0.05, 0) is 37.0 Å². The lowest BCUT2D eigenvalue weighted by Crippen LogP contribution is -2.17. The molecule has 0 aliphatic heterocycles. The van der Waals surface area contributed by atoms with Gasteiger partial charge in [-0.15, -0.1) is 0 Å². The van der Waals surface area contributed by atoms with Gasteiger partial charge in [0.2, 0.25) is 5.91 Å². The third-order valence-electron chi connectivity index (χ3n) is 2.69. The Kier molecular flexibility index (Phi) is 3.64. The number of carbonyl (C=O) groups is 1. The van der Waals surface area contributed by atoms with Crippen molar-refractivity contribution in [2.45, 2.75) is 19.3 Å². The molecule has 0 saturated heterocycles. The van der Waals surface area contributed by atoms with Crippen molar-refractivity contribution in [1.82, 2.24) is 0 Å². The first-order chi connectivity index (χ1) is 8.06. The van der Waals surface area contributed by atoms with E-state index < -0.39 is 0 Å². The van der Waals surface area contributed by atoms with Crippen LogP contribution in [0, 0.1) is 5.92 Å². The topological polar surface area (TPSA) is 55.1 Å². The third-order valence-corrected chi connectivity index (χ3v) is 3.15. The van der Waals surface area contributed by atoms with E-state index >= 15 is 0 Å². The number of nitrogens with one attached hydrogen (secondary N) is 1. The minimum Gasteiger partial charge on any atom is -0.389 e. The molecule has 3 nitrogen and oxygen atoms in total. The van der Waals surface area contributed by atoms with Crippen LogP contribution >= 0.6 is 23.8 Å². The molecule has 1 saturated carbocycles. The van der Waals surface area contributed by atoms with Gasteiger partial charge in [0.1, 0.15) is 4.99 Å². The fraction of sp³-hybridized carbons (Fsp3) is 0.333. The Morgan fingerprint density at radius 1 is 1.53 bits per heavy atom. The molecule has 3 N–H and O–H groups in total. The molecule has 0 unspecified atom stereocenters. The fourth-order valence-corrected chi connectivity index (χ4v) is 1.97. The zero-order valence-electron chi connectivity index (χ0n) is 9.20. The van der Waals surface area contributed by atoms with Gasteiger partial charge in [-0.25, -0.2) is 0 Å². The smallest absolute Gasteiger partial charge is 0.224 e. The highest BCUT2D eigenvalue weighted by atomic mass is 35.5. The van der Waals surface area contributed by atoms with Crippen molar-refractivity contribution in [2.24, 2.45) is 11.7 Å². The van der Waals surface area contributed by atoms with Crippen LogP contribution in [0.5, 0.6) is 0 Å². The van der Waals surface area contributed by atoms with E-state index in [2.05, 4.69) is 5.32 Å². The van der Waals surface area contributed by atoms with Crippen LogP contribution in [0.15, 0.2) is 18.2 Å². The maximum atomic E-state index is 11.7. The number of halogens is 1. The highest BCUT2D eigenvalue weighted by Gasteiger charge is 2.24. The molecule has 90 valence electrons. The Morgan fingerprint density at radius 3 is 2.82 bits per heavy atom. The first-order valence-electron chi connectivity index (χ1n) is 5.45. The predicted molar refractivity (Wildman–Crippen MR) is 73.3 cm³/mol. The van der Waals surface area contributed by atoms with Crippen molar-refractivity contribution >= 4 is 40.4 Å². The molecule has 1 aromatic carbocycles. The van der Waals surface area contributed by atoms with Crippen molar-refractivity contribution in [3.8, 4) is 0 Å². The summed E-state index contributed by atoms with van der Waals surface area (Å²) in [6.45, 7) is 0. The number of rotatable bonds is 4. The Balaban J connectivity index is 2.14. The largest absolute Gasteiger partial charge is 0.389 e. The Hall–Kier alpha value is -1.13. The highest BCUT2D eigenvalue weighted by molar-refractivity contribution is 7.80. The van der Waals surface area contributed by atoms with Crippen molar-refractivity contribution in [1.29, 1.82) is 0 Å². The number of hydrogen-bond acceptors (Lipinski definition) is 2. The summed E-state index contributed by atoms with van der Waals surface area (Å²) in [7, 11) is 0. The van der Waals surface area contributed by atoms with Crippen LogP contribution in [0.25, 0.3) is 0 Å². The summed E-state index contributed by atoms with van der Waals surface area (Å²) in [5.74, 6) is 0.537. The maximum absolute atomic E-state index is 11.7. The zero-order chi connectivity index (χ0) is 12.4. The summed E-state index contributed by atoms with van der Waals surface area (Å²) in [6, 6.07) is 5.09. The normalized spacial score (nSPS) is 14.4. The second-order valence-corrected chi connectivity index (χ2v) is 5.13. The van der Waals surface area contributed by atoms with Crippen molar-refractivity contribution < 1.29 is 4.79 Å². The molecular formula is C12H13ClN2OS. The number of anilines is 1. The number of nitrogens with two attached hydrogens (primary N) is 1. The lowest BCUT2D eigenvalue weighted by Gasteiger charge is -2.10. The van der Waals surface area contributed by atoms with E-state index in [-0.39, 0.29) is 10.9 Å². The van der Waals surface area contributed by atoms with Crippen LogP contribution in [0.1, 0.15) is 24.8 Å². The average Bonchev–Trinajstić information content (AvgIpc) is 3.00. The minimum absolute atomic E-state index is 0.00716. The first-order valence-corrected chi connectivity index (χ1v) is 6.24. The van der Waals surface area contributed by atoms with Gasteiger partial charge >= 0.3 is 0 Å². The van der Waals surface area contributed by atoms with Crippen LogP contribution in [0.3, 0.4) is 0 Å². The molecule has 2 rings (SSSR count). The number of amides is 1. The highest BCUT2D eigenvalue weighted by Crippen LogP contribution is 2.32. The number of benzene rings is 1. The second-order valence-electron chi connectivity index (χ2n) is 4.25. The van der Waals surface area contributed by atoms with E-state index in [4.69, 9.17) is 29.6 Å². The summed E-state index contributed by atoms with van der Waals surface area (Å²) in [5.41, 5.74) is 6.83. The molecule has 0 spiro atoms. The fourth-order valence-electron chi connectivity index (χ4n) is 1.62. The minimum atomic E-state index is -0.00716. The van der Waals surface area contributed by atoms with Gasteiger partial charge in [-0.3, -0.25) is 4.79 Å². The second kappa shape index (κ2) is 5.02. The van der Waals surface area contributed by atoms with E-state index in [1.807, 2.05) is 0 Å². The van der Waals surface area contributed by atoms with Gasteiger partial charge in [0.15, 0.2) is 0 Å². The Labute approximate surface area is 110 Å². The van der Waals surface area contributed by atoms with Gasteiger partial charge in [0.05, 0.1) is 5.69 Å². The molecule has 1 aliphatic rings. The first kappa shape index (κ1) is 12.3. The summed E-state index contributed by atoms with van der Waals surface area (Å²) in [6.07, 6.45) is 2.85. The Bertz CT molecular complexity index is 472. The number of carbonyl (C=O) groups excluding carboxylic acids is 1. The van der Waals surface area contributed by atoms with Crippen LogP contribution in [0.4, 0.5) is 5.69 Å². The van der Waals surface area contributed by atoms with Gasteiger partial charge in [0.25, 0.3) is 0 Å². The number of hydrogen-bond donors (Lipinski definition) is 2. The molecule has 0 radical (unpaired) electrons. The van der Waals surface area contributed by atoms with Crippen molar-refractivity contribution in [3.63, 3.8) is 0 Å². The monoisotopic (exact) mass is 268 g/mol. The molecule has 1 fully saturated rings. The van der Waals surface area contributed by atoms with Crippen molar-refractivity contribution in [2.75, 3.05) is 5.32 Å². The van der Waals surface area contributed by atoms with Crippen LogP contribution < -0.4 is 11.1 Å². The molecule has 5 heteroatoms. The molecule has 0 atom stereocenters. The maximum Gasteiger partial charge on any atom is 0.224 e. The van der Waals surface area contributed by atoms with E-state index in [0.717, 1.165) is 12.8 Å².